The van der Waals surface area contributed by atoms with Crippen molar-refractivity contribution in [3.05, 3.63) is 11.6 Å². The molecule has 2 amide bonds. The van der Waals surface area contributed by atoms with Gasteiger partial charge >= 0.3 is 0 Å². The Balaban J connectivity index is 1.77. The molecule has 0 bridgehead atoms. The molecule has 0 aromatic carbocycles. The third kappa shape index (κ3) is 2.98. The zero-order valence-electron chi connectivity index (χ0n) is 13.0. The molecule has 1 N–H and O–H groups in total. The predicted molar refractivity (Wildman–Crippen MR) is 79.9 cm³/mol. The first-order valence-electron chi connectivity index (χ1n) is 8.12. The van der Waals surface area contributed by atoms with Gasteiger partial charge in [-0.1, -0.05) is 6.42 Å². The van der Waals surface area contributed by atoms with Crippen LogP contribution in [0.15, 0.2) is 0 Å². The first-order chi connectivity index (χ1) is 10.7. The summed E-state index contributed by atoms with van der Waals surface area (Å²) in [4.78, 5) is 25.2. The van der Waals surface area contributed by atoms with E-state index in [0.29, 0.717) is 0 Å². The van der Waals surface area contributed by atoms with E-state index < -0.39 is 0 Å². The zero-order chi connectivity index (χ0) is 15.5. The van der Waals surface area contributed by atoms with Crippen molar-refractivity contribution >= 4 is 11.8 Å². The number of amides is 2. The molecule has 1 atom stereocenters. The number of hydrogen-bond acceptors (Lipinski definition) is 4. The van der Waals surface area contributed by atoms with E-state index in [4.69, 9.17) is 0 Å². The number of hydrogen-bond donors (Lipinski definition) is 1. The number of carbonyl (C=O) groups is 2. The van der Waals surface area contributed by atoms with Gasteiger partial charge in [-0.05, 0) is 25.7 Å². The van der Waals surface area contributed by atoms with Crippen molar-refractivity contribution in [3.8, 4) is 0 Å². The van der Waals surface area contributed by atoms with E-state index in [9.17, 15) is 9.59 Å². The molecule has 1 saturated heterocycles. The Labute approximate surface area is 130 Å². The molecular weight excluding hydrogens is 282 g/mol. The Morgan fingerprint density at radius 1 is 1.18 bits per heavy atom. The summed E-state index contributed by atoms with van der Waals surface area (Å²) >= 11 is 0. The van der Waals surface area contributed by atoms with Gasteiger partial charge in [0, 0.05) is 26.4 Å². The van der Waals surface area contributed by atoms with Crippen LogP contribution >= 0.6 is 0 Å². The van der Waals surface area contributed by atoms with Crippen molar-refractivity contribution in [1.29, 1.82) is 0 Å². The third-order valence-electron chi connectivity index (χ3n) is 4.50. The summed E-state index contributed by atoms with van der Waals surface area (Å²) < 4.78 is 2.21. The highest BCUT2D eigenvalue weighted by Crippen LogP contribution is 2.32. The molecule has 1 unspecified atom stereocenters. The van der Waals surface area contributed by atoms with Gasteiger partial charge in [0.15, 0.2) is 5.82 Å². The fraction of sp³-hybridized carbons (Fsp3) is 0.733. The number of aryl methyl sites for hydroxylation is 1. The zero-order valence-corrected chi connectivity index (χ0v) is 13.0. The van der Waals surface area contributed by atoms with Crippen LogP contribution in [-0.4, -0.2) is 44.6 Å². The van der Waals surface area contributed by atoms with Crippen LogP contribution in [0.5, 0.6) is 0 Å². The van der Waals surface area contributed by atoms with Gasteiger partial charge in [0.1, 0.15) is 5.82 Å². The fourth-order valence-electron chi connectivity index (χ4n) is 3.39. The summed E-state index contributed by atoms with van der Waals surface area (Å²) in [6.45, 7) is 3.16. The average Bonchev–Trinajstić information content (AvgIpc) is 3.05. The Bertz CT molecular complexity index is 568. The second kappa shape index (κ2) is 6.46. The van der Waals surface area contributed by atoms with Crippen molar-refractivity contribution in [2.45, 2.75) is 58.0 Å². The molecule has 7 heteroatoms. The molecule has 2 aliphatic heterocycles. The molecule has 1 aromatic rings. The standard InChI is InChI=1S/C15H23N5O2/c1-11(21)16-10-14(22)19-9-5-6-12(19)15-18-17-13-7-3-2-4-8-20(13)15/h12H,2-10H2,1H3,(H,16,21). The molecule has 1 fully saturated rings. The molecule has 2 aliphatic rings. The highest BCUT2D eigenvalue weighted by atomic mass is 16.2. The van der Waals surface area contributed by atoms with Crippen LogP contribution in [0.4, 0.5) is 0 Å². The molecule has 22 heavy (non-hydrogen) atoms. The molecule has 0 spiro atoms. The quantitative estimate of drug-likeness (QED) is 0.896. The summed E-state index contributed by atoms with van der Waals surface area (Å²) in [5.74, 6) is 1.75. The normalized spacial score (nSPS) is 21.3. The van der Waals surface area contributed by atoms with Gasteiger partial charge in [0.2, 0.25) is 11.8 Å². The van der Waals surface area contributed by atoms with Gasteiger partial charge in [-0.2, -0.15) is 0 Å². The molecular formula is C15H23N5O2. The lowest BCUT2D eigenvalue weighted by molar-refractivity contribution is -0.133. The average molecular weight is 305 g/mol. The van der Waals surface area contributed by atoms with Crippen LogP contribution in [-0.2, 0) is 22.6 Å². The van der Waals surface area contributed by atoms with Crippen LogP contribution in [0.1, 0.15) is 56.7 Å². The number of nitrogens with zero attached hydrogens (tertiary/aromatic N) is 4. The summed E-state index contributed by atoms with van der Waals surface area (Å²) in [6, 6.07) is 0.000563. The van der Waals surface area contributed by atoms with Gasteiger partial charge in [-0.3, -0.25) is 9.59 Å². The van der Waals surface area contributed by atoms with E-state index >= 15 is 0 Å². The molecule has 120 valence electrons. The Morgan fingerprint density at radius 2 is 2.05 bits per heavy atom. The number of carbonyl (C=O) groups excluding carboxylic acids is 2. The number of fused-ring (bicyclic) bond motifs is 1. The number of aromatic nitrogens is 3. The third-order valence-corrected chi connectivity index (χ3v) is 4.50. The minimum absolute atomic E-state index is 0.000563. The summed E-state index contributed by atoms with van der Waals surface area (Å²) in [5, 5.41) is 11.3. The molecule has 7 nitrogen and oxygen atoms in total. The maximum Gasteiger partial charge on any atom is 0.242 e. The highest BCUT2D eigenvalue weighted by molar-refractivity contribution is 5.84. The minimum Gasteiger partial charge on any atom is -0.347 e. The maximum absolute atomic E-state index is 12.3. The van der Waals surface area contributed by atoms with Crippen molar-refractivity contribution < 1.29 is 9.59 Å². The van der Waals surface area contributed by atoms with Gasteiger partial charge < -0.3 is 14.8 Å². The monoisotopic (exact) mass is 305 g/mol. The van der Waals surface area contributed by atoms with Gasteiger partial charge in [0.25, 0.3) is 0 Å². The van der Waals surface area contributed by atoms with Gasteiger partial charge in [0.05, 0.1) is 12.6 Å². The Morgan fingerprint density at radius 3 is 2.86 bits per heavy atom. The van der Waals surface area contributed by atoms with Crippen LogP contribution < -0.4 is 5.32 Å². The van der Waals surface area contributed by atoms with E-state index in [1.807, 2.05) is 4.90 Å². The summed E-state index contributed by atoms with van der Waals surface area (Å²) in [7, 11) is 0. The largest absolute Gasteiger partial charge is 0.347 e. The topological polar surface area (TPSA) is 80.1 Å². The number of nitrogens with one attached hydrogen (secondary N) is 1. The summed E-state index contributed by atoms with van der Waals surface area (Å²) in [5.41, 5.74) is 0. The molecule has 0 radical (unpaired) electrons. The highest BCUT2D eigenvalue weighted by Gasteiger charge is 2.34. The van der Waals surface area contributed by atoms with E-state index in [2.05, 4.69) is 20.1 Å². The Kier molecular flexibility index (Phi) is 4.40. The molecule has 1 aromatic heterocycles. The SMILES string of the molecule is CC(=O)NCC(=O)N1CCCC1c1nnc2n1CCCCC2. The van der Waals surface area contributed by atoms with E-state index in [1.165, 1.54) is 13.3 Å². The van der Waals surface area contributed by atoms with Crippen molar-refractivity contribution in [2.24, 2.45) is 0 Å². The number of rotatable bonds is 3. The van der Waals surface area contributed by atoms with Gasteiger partial charge in [-0.15, -0.1) is 10.2 Å². The van der Waals surface area contributed by atoms with Crippen LogP contribution in [0.3, 0.4) is 0 Å². The maximum atomic E-state index is 12.3. The van der Waals surface area contributed by atoms with Crippen LogP contribution in [0.25, 0.3) is 0 Å². The molecule has 0 aliphatic carbocycles. The van der Waals surface area contributed by atoms with Crippen LogP contribution in [0, 0.1) is 0 Å². The second-order valence-corrected chi connectivity index (χ2v) is 6.09. The van der Waals surface area contributed by atoms with Crippen molar-refractivity contribution in [2.75, 3.05) is 13.1 Å². The molecule has 3 rings (SSSR count). The van der Waals surface area contributed by atoms with Crippen LogP contribution in [0.2, 0.25) is 0 Å². The van der Waals surface area contributed by atoms with Crippen molar-refractivity contribution in [1.82, 2.24) is 25.0 Å². The van der Waals surface area contributed by atoms with Gasteiger partial charge in [-0.25, -0.2) is 0 Å². The second-order valence-electron chi connectivity index (χ2n) is 6.09. The van der Waals surface area contributed by atoms with E-state index in [0.717, 1.165) is 56.8 Å². The fourth-order valence-corrected chi connectivity index (χ4v) is 3.39. The lowest BCUT2D eigenvalue weighted by Gasteiger charge is -2.24. The molecule has 3 heterocycles. The lowest BCUT2D eigenvalue weighted by Crippen LogP contribution is -2.39. The first kappa shape index (κ1) is 15.0. The smallest absolute Gasteiger partial charge is 0.242 e. The molecule has 0 saturated carbocycles. The van der Waals surface area contributed by atoms with E-state index in [1.54, 1.807) is 0 Å². The van der Waals surface area contributed by atoms with E-state index in [-0.39, 0.29) is 24.4 Å². The lowest BCUT2D eigenvalue weighted by atomic mass is 10.2. The number of likely N-dealkylation sites (tertiary alicyclic amines) is 1. The summed E-state index contributed by atoms with van der Waals surface area (Å²) in [6.07, 6.45) is 6.39. The minimum atomic E-state index is -0.180. The first-order valence-corrected chi connectivity index (χ1v) is 8.12. The predicted octanol–water partition coefficient (Wildman–Crippen LogP) is 0.804. The van der Waals surface area contributed by atoms with Crippen molar-refractivity contribution in [3.63, 3.8) is 0 Å². The Hall–Kier alpha value is -1.92.